The van der Waals surface area contributed by atoms with E-state index in [1.54, 1.807) is 30.6 Å². The van der Waals surface area contributed by atoms with Gasteiger partial charge in [-0.2, -0.15) is 0 Å². The minimum atomic E-state index is -0.958. The molecule has 0 unspecified atom stereocenters. The SMILES string of the molecule is CCc1cnc(Nc2cccc(C(=O)O)c2)nc1. The van der Waals surface area contributed by atoms with Crippen molar-refractivity contribution in [2.24, 2.45) is 0 Å². The van der Waals surface area contributed by atoms with Gasteiger partial charge in [0.15, 0.2) is 0 Å². The van der Waals surface area contributed by atoms with Gasteiger partial charge in [0, 0.05) is 18.1 Å². The van der Waals surface area contributed by atoms with Crippen molar-refractivity contribution < 1.29 is 9.90 Å². The lowest BCUT2D eigenvalue weighted by Crippen LogP contribution is -2.00. The molecule has 2 rings (SSSR count). The monoisotopic (exact) mass is 243 g/mol. The third kappa shape index (κ3) is 2.82. The van der Waals surface area contributed by atoms with Crippen molar-refractivity contribution in [3.8, 4) is 0 Å². The normalized spacial score (nSPS) is 10.1. The second-order valence-corrected chi connectivity index (χ2v) is 3.78. The van der Waals surface area contributed by atoms with Crippen LogP contribution in [-0.2, 0) is 6.42 Å². The van der Waals surface area contributed by atoms with Crippen molar-refractivity contribution in [1.82, 2.24) is 9.97 Å². The van der Waals surface area contributed by atoms with Crippen LogP contribution in [0.25, 0.3) is 0 Å². The molecule has 0 amide bonds. The molecular weight excluding hydrogens is 230 g/mol. The van der Waals surface area contributed by atoms with E-state index in [-0.39, 0.29) is 5.56 Å². The van der Waals surface area contributed by atoms with Crippen LogP contribution in [0.5, 0.6) is 0 Å². The van der Waals surface area contributed by atoms with E-state index in [2.05, 4.69) is 15.3 Å². The molecule has 2 aromatic rings. The third-order valence-corrected chi connectivity index (χ3v) is 2.48. The zero-order valence-electron chi connectivity index (χ0n) is 9.92. The van der Waals surface area contributed by atoms with E-state index < -0.39 is 5.97 Å². The number of benzene rings is 1. The summed E-state index contributed by atoms with van der Waals surface area (Å²) in [6, 6.07) is 6.52. The van der Waals surface area contributed by atoms with Gasteiger partial charge in [0.25, 0.3) is 0 Å². The number of carbonyl (C=O) groups is 1. The molecule has 92 valence electrons. The van der Waals surface area contributed by atoms with Crippen molar-refractivity contribution in [3.63, 3.8) is 0 Å². The largest absolute Gasteiger partial charge is 0.478 e. The van der Waals surface area contributed by atoms with Gasteiger partial charge < -0.3 is 10.4 Å². The van der Waals surface area contributed by atoms with E-state index in [1.165, 1.54) is 6.07 Å². The average molecular weight is 243 g/mol. The Morgan fingerprint density at radius 1 is 1.33 bits per heavy atom. The molecule has 0 bridgehead atoms. The Morgan fingerprint density at radius 3 is 2.67 bits per heavy atom. The highest BCUT2D eigenvalue weighted by Crippen LogP contribution is 2.14. The number of aromatic nitrogens is 2. The molecular formula is C13H13N3O2. The first-order valence-corrected chi connectivity index (χ1v) is 5.60. The zero-order valence-corrected chi connectivity index (χ0v) is 9.92. The summed E-state index contributed by atoms with van der Waals surface area (Å²) >= 11 is 0. The van der Waals surface area contributed by atoms with Gasteiger partial charge >= 0.3 is 5.97 Å². The number of aryl methyl sites for hydroxylation is 1. The van der Waals surface area contributed by atoms with Gasteiger partial charge in [0.2, 0.25) is 5.95 Å². The molecule has 5 heteroatoms. The van der Waals surface area contributed by atoms with Gasteiger partial charge in [0.05, 0.1) is 5.56 Å². The first kappa shape index (κ1) is 12.0. The minimum absolute atomic E-state index is 0.227. The first-order valence-electron chi connectivity index (χ1n) is 5.60. The van der Waals surface area contributed by atoms with Crippen LogP contribution in [0.2, 0.25) is 0 Å². The molecule has 2 N–H and O–H groups in total. The van der Waals surface area contributed by atoms with Gasteiger partial charge in [0.1, 0.15) is 0 Å². The lowest BCUT2D eigenvalue weighted by Gasteiger charge is -2.05. The molecule has 1 heterocycles. The molecule has 0 aliphatic rings. The summed E-state index contributed by atoms with van der Waals surface area (Å²) in [6.45, 7) is 2.03. The summed E-state index contributed by atoms with van der Waals surface area (Å²) in [6.07, 6.45) is 4.38. The van der Waals surface area contributed by atoms with Crippen molar-refractivity contribution >= 4 is 17.6 Å². The quantitative estimate of drug-likeness (QED) is 0.862. The van der Waals surface area contributed by atoms with Crippen LogP contribution in [0.4, 0.5) is 11.6 Å². The number of nitrogens with zero attached hydrogens (tertiary/aromatic N) is 2. The lowest BCUT2D eigenvalue weighted by molar-refractivity contribution is 0.0697. The predicted octanol–water partition coefficient (Wildman–Crippen LogP) is 2.48. The van der Waals surface area contributed by atoms with Gasteiger partial charge in [-0.3, -0.25) is 0 Å². The number of rotatable bonds is 4. The van der Waals surface area contributed by atoms with Crippen LogP contribution in [0, 0.1) is 0 Å². The molecule has 0 saturated heterocycles. The van der Waals surface area contributed by atoms with E-state index in [9.17, 15) is 4.79 Å². The molecule has 5 nitrogen and oxygen atoms in total. The maximum Gasteiger partial charge on any atom is 0.335 e. The van der Waals surface area contributed by atoms with Crippen LogP contribution in [0.15, 0.2) is 36.7 Å². The Labute approximate surface area is 105 Å². The van der Waals surface area contributed by atoms with Gasteiger partial charge in [-0.05, 0) is 30.2 Å². The van der Waals surface area contributed by atoms with E-state index in [1.807, 2.05) is 6.92 Å². The third-order valence-electron chi connectivity index (χ3n) is 2.48. The fourth-order valence-corrected chi connectivity index (χ4v) is 1.46. The summed E-state index contributed by atoms with van der Waals surface area (Å²) < 4.78 is 0. The average Bonchev–Trinajstić information content (AvgIpc) is 2.40. The standard InChI is InChI=1S/C13H13N3O2/c1-2-9-7-14-13(15-8-9)16-11-5-3-4-10(6-11)12(17)18/h3-8H,2H2,1H3,(H,17,18)(H,14,15,16). The molecule has 0 fully saturated rings. The maximum absolute atomic E-state index is 10.8. The van der Waals surface area contributed by atoms with E-state index in [0.717, 1.165) is 12.0 Å². The van der Waals surface area contributed by atoms with Gasteiger partial charge in [-0.25, -0.2) is 14.8 Å². The number of hydrogen-bond donors (Lipinski definition) is 2. The predicted molar refractivity (Wildman–Crippen MR) is 68.1 cm³/mol. The Morgan fingerprint density at radius 2 is 2.06 bits per heavy atom. The van der Waals surface area contributed by atoms with E-state index in [4.69, 9.17) is 5.11 Å². The Bertz CT molecular complexity index is 552. The zero-order chi connectivity index (χ0) is 13.0. The second-order valence-electron chi connectivity index (χ2n) is 3.78. The van der Waals surface area contributed by atoms with E-state index >= 15 is 0 Å². The highest BCUT2D eigenvalue weighted by Gasteiger charge is 2.04. The summed E-state index contributed by atoms with van der Waals surface area (Å²) in [4.78, 5) is 19.1. The number of hydrogen-bond acceptors (Lipinski definition) is 4. The molecule has 0 atom stereocenters. The molecule has 18 heavy (non-hydrogen) atoms. The van der Waals surface area contributed by atoms with Crippen LogP contribution in [0.3, 0.4) is 0 Å². The molecule has 0 saturated carbocycles. The molecule has 1 aromatic carbocycles. The van der Waals surface area contributed by atoms with Crippen LogP contribution < -0.4 is 5.32 Å². The molecule has 0 spiro atoms. The number of carboxylic acids is 1. The lowest BCUT2D eigenvalue weighted by atomic mass is 10.2. The summed E-state index contributed by atoms with van der Waals surface area (Å²) in [5.74, 6) is -0.504. The topological polar surface area (TPSA) is 75.1 Å². The number of carboxylic acid groups (broad SMARTS) is 1. The fraction of sp³-hybridized carbons (Fsp3) is 0.154. The first-order chi connectivity index (χ1) is 8.69. The highest BCUT2D eigenvalue weighted by atomic mass is 16.4. The van der Waals surface area contributed by atoms with Crippen LogP contribution >= 0.6 is 0 Å². The number of anilines is 2. The second kappa shape index (κ2) is 5.27. The Hall–Kier alpha value is -2.43. The summed E-state index contributed by atoms with van der Waals surface area (Å²) in [5.41, 5.74) is 1.93. The maximum atomic E-state index is 10.8. The van der Waals surface area contributed by atoms with Gasteiger partial charge in [-0.15, -0.1) is 0 Å². The highest BCUT2D eigenvalue weighted by molar-refractivity contribution is 5.88. The molecule has 0 radical (unpaired) electrons. The Balaban J connectivity index is 2.17. The fourth-order valence-electron chi connectivity index (χ4n) is 1.46. The van der Waals surface area contributed by atoms with Crippen LogP contribution in [-0.4, -0.2) is 21.0 Å². The smallest absolute Gasteiger partial charge is 0.335 e. The van der Waals surface area contributed by atoms with Crippen molar-refractivity contribution in [2.45, 2.75) is 13.3 Å². The minimum Gasteiger partial charge on any atom is -0.478 e. The summed E-state index contributed by atoms with van der Waals surface area (Å²) in [7, 11) is 0. The molecule has 0 aliphatic heterocycles. The molecule has 0 aliphatic carbocycles. The van der Waals surface area contributed by atoms with Crippen molar-refractivity contribution in [2.75, 3.05) is 5.32 Å². The van der Waals surface area contributed by atoms with Crippen molar-refractivity contribution in [3.05, 3.63) is 47.8 Å². The Kier molecular flexibility index (Phi) is 3.52. The van der Waals surface area contributed by atoms with Crippen LogP contribution in [0.1, 0.15) is 22.8 Å². The van der Waals surface area contributed by atoms with Crippen molar-refractivity contribution in [1.29, 1.82) is 0 Å². The summed E-state index contributed by atoms with van der Waals surface area (Å²) in [5, 5.41) is 11.8. The van der Waals surface area contributed by atoms with Gasteiger partial charge in [-0.1, -0.05) is 13.0 Å². The molecule has 1 aromatic heterocycles. The number of nitrogens with one attached hydrogen (secondary N) is 1. The number of aromatic carboxylic acids is 1. The van der Waals surface area contributed by atoms with E-state index in [0.29, 0.717) is 11.6 Å².